The first kappa shape index (κ1) is 13.3. The van der Waals surface area contributed by atoms with Gasteiger partial charge in [0.2, 0.25) is 0 Å². The van der Waals surface area contributed by atoms with Crippen molar-refractivity contribution in [1.29, 1.82) is 0 Å². The van der Waals surface area contributed by atoms with Gasteiger partial charge in [0.05, 0.1) is 5.52 Å². The average Bonchev–Trinajstić information content (AvgIpc) is 2.41. The Bertz CT molecular complexity index is 746. The summed E-state index contributed by atoms with van der Waals surface area (Å²) in [6.45, 7) is 4.70. The number of rotatable bonds is 1. The molecule has 2 heterocycles. The monoisotopic (exact) mass is 277 g/mol. The van der Waals surface area contributed by atoms with Gasteiger partial charge in [0, 0.05) is 29.3 Å². The molecule has 1 aliphatic heterocycles. The molecular weight excluding hydrogens is 260 g/mol. The molecule has 0 amide bonds. The second-order valence-corrected chi connectivity index (χ2v) is 5.74. The van der Waals surface area contributed by atoms with Crippen molar-refractivity contribution < 1.29 is 8.78 Å². The molecular formula is C16H17F2NO. The second-order valence-electron chi connectivity index (χ2n) is 5.74. The molecule has 1 aromatic carbocycles. The van der Waals surface area contributed by atoms with Crippen LogP contribution in [0.15, 0.2) is 16.9 Å². The first-order valence-corrected chi connectivity index (χ1v) is 7.05. The van der Waals surface area contributed by atoms with Crippen LogP contribution in [-0.4, -0.2) is 4.57 Å². The van der Waals surface area contributed by atoms with Gasteiger partial charge < -0.3 is 4.57 Å². The van der Waals surface area contributed by atoms with Gasteiger partial charge in [0.25, 0.3) is 0 Å². The molecule has 0 unspecified atom stereocenters. The van der Waals surface area contributed by atoms with E-state index in [1.54, 1.807) is 0 Å². The van der Waals surface area contributed by atoms with Crippen molar-refractivity contribution in [2.45, 2.75) is 45.6 Å². The van der Waals surface area contributed by atoms with Crippen LogP contribution in [0.25, 0.3) is 10.9 Å². The molecule has 2 aromatic rings. The predicted molar refractivity (Wildman–Crippen MR) is 75.2 cm³/mol. The van der Waals surface area contributed by atoms with Crippen LogP contribution in [0.3, 0.4) is 0 Å². The number of halogens is 2. The Morgan fingerprint density at radius 3 is 2.55 bits per heavy atom. The topological polar surface area (TPSA) is 22.0 Å². The number of hydrogen-bond acceptors (Lipinski definition) is 1. The molecule has 106 valence electrons. The van der Waals surface area contributed by atoms with E-state index in [0.717, 1.165) is 49.2 Å². The van der Waals surface area contributed by atoms with Gasteiger partial charge in [-0.2, -0.15) is 0 Å². The van der Waals surface area contributed by atoms with Crippen molar-refractivity contribution in [1.82, 2.24) is 4.57 Å². The van der Waals surface area contributed by atoms with E-state index in [1.165, 1.54) is 0 Å². The average molecular weight is 277 g/mol. The molecule has 0 spiro atoms. The fourth-order valence-corrected chi connectivity index (χ4v) is 3.19. The molecule has 0 atom stereocenters. The molecule has 4 heteroatoms. The number of nitrogens with zero attached hydrogens (tertiary/aromatic N) is 1. The molecule has 0 aliphatic carbocycles. The van der Waals surface area contributed by atoms with Crippen molar-refractivity contribution in [2.24, 2.45) is 0 Å². The van der Waals surface area contributed by atoms with E-state index in [9.17, 15) is 13.6 Å². The minimum Gasteiger partial charge on any atom is -0.344 e. The van der Waals surface area contributed by atoms with Crippen molar-refractivity contribution in [3.8, 4) is 0 Å². The number of aromatic nitrogens is 1. The van der Waals surface area contributed by atoms with Crippen molar-refractivity contribution >= 4 is 10.9 Å². The van der Waals surface area contributed by atoms with Gasteiger partial charge in [-0.1, -0.05) is 13.8 Å². The van der Waals surface area contributed by atoms with Crippen LogP contribution in [0.1, 0.15) is 43.9 Å². The Balaban J connectivity index is 2.49. The molecule has 0 fully saturated rings. The normalized spacial score (nSPS) is 14.8. The Morgan fingerprint density at radius 2 is 1.85 bits per heavy atom. The number of fused-ring (bicyclic) bond motifs is 3. The maximum atomic E-state index is 13.5. The quantitative estimate of drug-likeness (QED) is 0.778. The van der Waals surface area contributed by atoms with Crippen LogP contribution in [0.4, 0.5) is 8.78 Å². The standard InChI is InChI=1S/C16H17F2NO/c1-9(2)15-13-5-3-4-6-19(13)14-8-12(18)11(17)7-10(14)16(15)20/h7-9H,3-6H2,1-2H3. The number of pyridine rings is 1. The fraction of sp³-hybridized carbons (Fsp3) is 0.438. The molecule has 2 nitrogen and oxygen atoms in total. The molecule has 0 radical (unpaired) electrons. The highest BCUT2D eigenvalue weighted by Crippen LogP contribution is 2.27. The lowest BCUT2D eigenvalue weighted by molar-refractivity contribution is 0.504. The smallest absolute Gasteiger partial charge is 0.193 e. The van der Waals surface area contributed by atoms with Gasteiger partial charge in [-0.3, -0.25) is 4.79 Å². The zero-order valence-electron chi connectivity index (χ0n) is 11.7. The third kappa shape index (κ3) is 1.86. The van der Waals surface area contributed by atoms with Crippen LogP contribution in [0.2, 0.25) is 0 Å². The Hall–Kier alpha value is -1.71. The van der Waals surface area contributed by atoms with E-state index < -0.39 is 11.6 Å². The molecule has 0 N–H and O–H groups in total. The molecule has 0 saturated carbocycles. The van der Waals surface area contributed by atoms with E-state index in [4.69, 9.17) is 0 Å². The summed E-state index contributed by atoms with van der Waals surface area (Å²) in [7, 11) is 0. The number of benzene rings is 1. The van der Waals surface area contributed by atoms with Crippen LogP contribution in [0.5, 0.6) is 0 Å². The lowest BCUT2D eigenvalue weighted by atomic mass is 9.93. The molecule has 0 saturated heterocycles. The minimum absolute atomic E-state index is 0.0827. The summed E-state index contributed by atoms with van der Waals surface area (Å²) in [5, 5.41) is 0.290. The lowest BCUT2D eigenvalue weighted by Crippen LogP contribution is -2.25. The van der Waals surface area contributed by atoms with E-state index in [0.29, 0.717) is 10.9 Å². The first-order valence-electron chi connectivity index (χ1n) is 7.05. The van der Waals surface area contributed by atoms with E-state index >= 15 is 0 Å². The van der Waals surface area contributed by atoms with Crippen molar-refractivity contribution in [2.75, 3.05) is 0 Å². The Labute approximate surface area is 116 Å². The maximum Gasteiger partial charge on any atom is 0.193 e. The summed E-state index contributed by atoms with van der Waals surface area (Å²) >= 11 is 0. The van der Waals surface area contributed by atoms with Crippen LogP contribution in [0, 0.1) is 11.6 Å². The summed E-state index contributed by atoms with van der Waals surface area (Å²) in [4.78, 5) is 12.6. The highest BCUT2D eigenvalue weighted by molar-refractivity contribution is 5.80. The zero-order valence-corrected chi connectivity index (χ0v) is 11.7. The fourth-order valence-electron chi connectivity index (χ4n) is 3.19. The van der Waals surface area contributed by atoms with Gasteiger partial charge in [-0.25, -0.2) is 8.78 Å². The molecule has 1 aromatic heterocycles. The van der Waals surface area contributed by atoms with E-state index in [1.807, 2.05) is 18.4 Å². The maximum absolute atomic E-state index is 13.5. The second kappa shape index (κ2) is 4.69. The lowest BCUT2D eigenvalue weighted by Gasteiger charge is -2.25. The minimum atomic E-state index is -0.958. The van der Waals surface area contributed by atoms with Crippen molar-refractivity contribution in [3.05, 3.63) is 45.2 Å². The van der Waals surface area contributed by atoms with Gasteiger partial charge in [-0.15, -0.1) is 0 Å². The highest BCUT2D eigenvalue weighted by atomic mass is 19.2. The first-order chi connectivity index (χ1) is 9.50. The Kier molecular flexibility index (Phi) is 3.11. The van der Waals surface area contributed by atoms with E-state index in [2.05, 4.69) is 0 Å². The molecule has 3 rings (SSSR count). The molecule has 20 heavy (non-hydrogen) atoms. The zero-order chi connectivity index (χ0) is 14.4. The molecule has 0 bridgehead atoms. The molecule has 1 aliphatic rings. The summed E-state index contributed by atoms with van der Waals surface area (Å²) in [6.07, 6.45) is 2.87. The van der Waals surface area contributed by atoms with Gasteiger partial charge >= 0.3 is 0 Å². The van der Waals surface area contributed by atoms with Gasteiger partial charge in [-0.05, 0) is 31.2 Å². The summed E-state index contributed by atoms with van der Waals surface area (Å²) in [5.74, 6) is -1.77. The van der Waals surface area contributed by atoms with Crippen LogP contribution < -0.4 is 5.43 Å². The van der Waals surface area contributed by atoms with Crippen LogP contribution in [-0.2, 0) is 13.0 Å². The number of aryl methyl sites for hydroxylation is 1. The van der Waals surface area contributed by atoms with Gasteiger partial charge in [0.15, 0.2) is 17.1 Å². The summed E-state index contributed by atoms with van der Waals surface area (Å²) in [5.41, 5.74) is 2.12. The summed E-state index contributed by atoms with van der Waals surface area (Å²) in [6, 6.07) is 2.20. The largest absolute Gasteiger partial charge is 0.344 e. The number of hydrogen-bond donors (Lipinski definition) is 0. The van der Waals surface area contributed by atoms with Crippen molar-refractivity contribution in [3.63, 3.8) is 0 Å². The third-order valence-electron chi connectivity index (χ3n) is 4.08. The van der Waals surface area contributed by atoms with Gasteiger partial charge in [0.1, 0.15) is 0 Å². The summed E-state index contributed by atoms with van der Waals surface area (Å²) < 4.78 is 29.0. The van der Waals surface area contributed by atoms with Crippen LogP contribution >= 0.6 is 0 Å². The van der Waals surface area contributed by atoms with E-state index in [-0.39, 0.29) is 11.3 Å². The Morgan fingerprint density at radius 1 is 1.15 bits per heavy atom. The predicted octanol–water partition coefficient (Wildman–Crippen LogP) is 3.74. The third-order valence-corrected chi connectivity index (χ3v) is 4.08. The SMILES string of the molecule is CC(C)c1c2n(c3cc(F)c(F)cc3c1=O)CCCC2. The highest BCUT2D eigenvalue weighted by Gasteiger charge is 2.22.